The fourth-order valence-corrected chi connectivity index (χ4v) is 7.86. The third kappa shape index (κ3) is 14.7. The molecule has 0 unspecified atom stereocenters. The molecule has 0 amide bonds. The number of hydrogen-bond donors (Lipinski definition) is 2. The van der Waals surface area contributed by atoms with E-state index in [2.05, 4.69) is 28.8 Å². The first-order valence-electron chi connectivity index (χ1n) is 13.7. The van der Waals surface area contributed by atoms with Crippen molar-refractivity contribution in [3.63, 3.8) is 0 Å². The summed E-state index contributed by atoms with van der Waals surface area (Å²) < 4.78 is 158. The summed E-state index contributed by atoms with van der Waals surface area (Å²) in [4.78, 5) is -1.76. The molecular formula is C26H22N5Na3O16S5. The molecule has 0 aliphatic rings. The van der Waals surface area contributed by atoms with Gasteiger partial charge in [0, 0.05) is 10.8 Å². The van der Waals surface area contributed by atoms with Crippen molar-refractivity contribution in [2.75, 3.05) is 30.5 Å². The third-order valence-corrected chi connectivity index (χ3v) is 11.7. The van der Waals surface area contributed by atoms with Crippen LogP contribution in [0.3, 0.4) is 0 Å². The number of nitrogens with two attached hydrogens (primary N) is 1. The van der Waals surface area contributed by atoms with Crippen LogP contribution in [-0.2, 0) is 59.0 Å². The number of sulfone groups is 2. The van der Waals surface area contributed by atoms with Crippen molar-refractivity contribution in [3.05, 3.63) is 66.7 Å². The molecule has 0 bridgehead atoms. The third-order valence-electron chi connectivity index (χ3n) is 6.57. The topological polar surface area (TPSA) is 354 Å². The van der Waals surface area contributed by atoms with Crippen molar-refractivity contribution >= 4 is 89.8 Å². The first-order valence-corrected chi connectivity index (χ1v) is 21.1. The summed E-state index contributed by atoms with van der Waals surface area (Å²) in [5.74, 6) is -2.60. The molecule has 0 aromatic heterocycles. The van der Waals surface area contributed by atoms with Gasteiger partial charge in [0.15, 0.2) is 25.4 Å². The van der Waals surface area contributed by atoms with Gasteiger partial charge in [-0.05, 0) is 60.7 Å². The Morgan fingerprint density at radius 2 is 1.09 bits per heavy atom. The summed E-state index contributed by atoms with van der Waals surface area (Å²) in [6.07, 6.45) is 0. The van der Waals surface area contributed by atoms with E-state index in [1.54, 1.807) is 0 Å². The van der Waals surface area contributed by atoms with Crippen LogP contribution in [0.2, 0.25) is 0 Å². The van der Waals surface area contributed by atoms with Crippen LogP contribution in [0.25, 0.3) is 10.8 Å². The van der Waals surface area contributed by atoms with E-state index < -0.39 is 91.6 Å². The van der Waals surface area contributed by atoms with Crippen molar-refractivity contribution in [2.24, 2.45) is 20.5 Å². The van der Waals surface area contributed by atoms with Crippen molar-refractivity contribution < 1.29 is 158 Å². The molecule has 29 heteroatoms. The number of hydrogen-bond acceptors (Lipinski definition) is 21. The fourth-order valence-electron chi connectivity index (χ4n) is 4.22. The Morgan fingerprint density at radius 1 is 0.582 bits per heavy atom. The van der Waals surface area contributed by atoms with Crippen LogP contribution in [0.1, 0.15) is 0 Å². The summed E-state index contributed by atoms with van der Waals surface area (Å²) in [5.41, 5.74) is 4.64. The fraction of sp³-hybridized carbons (Fsp3) is 0.154. The average molecular weight is 890 g/mol. The monoisotopic (exact) mass is 889 g/mol. The Kier molecular flexibility index (Phi) is 19.2. The van der Waals surface area contributed by atoms with Crippen LogP contribution < -0.4 is 94.4 Å². The minimum Gasteiger partial charge on any atom is -0.744 e. The van der Waals surface area contributed by atoms with Gasteiger partial charge in [0.1, 0.15) is 21.5 Å². The summed E-state index contributed by atoms with van der Waals surface area (Å²) >= 11 is 0. The van der Waals surface area contributed by atoms with E-state index in [1.165, 1.54) is 24.3 Å². The van der Waals surface area contributed by atoms with Crippen molar-refractivity contribution in [1.82, 2.24) is 0 Å². The van der Waals surface area contributed by atoms with Crippen molar-refractivity contribution in [1.29, 1.82) is 0 Å². The van der Waals surface area contributed by atoms with Gasteiger partial charge in [0.2, 0.25) is 20.8 Å². The van der Waals surface area contributed by atoms with Gasteiger partial charge in [-0.15, -0.1) is 10.2 Å². The Labute approximate surface area is 381 Å². The number of benzene rings is 4. The molecule has 0 aliphatic heterocycles. The van der Waals surface area contributed by atoms with E-state index in [1.807, 2.05) is 0 Å². The van der Waals surface area contributed by atoms with Crippen molar-refractivity contribution in [2.45, 2.75) is 14.7 Å². The van der Waals surface area contributed by atoms with Crippen LogP contribution in [0.15, 0.2) is 102 Å². The molecule has 4 aromatic rings. The quantitative estimate of drug-likeness (QED) is 0.0368. The number of nitrogens with zero attached hydrogens (tertiary/aromatic N) is 4. The minimum absolute atomic E-state index is 0. The number of rotatable bonds is 15. The minimum atomic E-state index is -5.40. The molecule has 0 spiro atoms. The molecule has 21 nitrogen and oxygen atoms in total. The molecule has 0 saturated heterocycles. The van der Waals surface area contributed by atoms with Gasteiger partial charge < -0.3 is 24.5 Å². The molecule has 55 heavy (non-hydrogen) atoms. The standard InChI is InChI=1S/C26H25N5O16S5.3Na/c27-22-9-8-20-21(24(22)30-29-17-2-1-3-19(14-17)49(35,36)13-11-47-52(43,44)45)15-23(50(37,38)39)25(26(20)32)31-28-16-4-6-18(7-5-16)48(33,34)12-10-46-51(40,41)42;;;/h1-9,14-15,32H,10-13,27H2,(H,37,38,39)(H,40,41,42)(H,43,44,45);;;/q;3*+1/p-3. The van der Waals surface area contributed by atoms with Crippen LogP contribution in [0.5, 0.6) is 5.75 Å². The van der Waals surface area contributed by atoms with E-state index in [0.29, 0.717) is 0 Å². The van der Waals surface area contributed by atoms with Gasteiger partial charge >= 0.3 is 88.7 Å². The van der Waals surface area contributed by atoms with Crippen molar-refractivity contribution in [3.8, 4) is 5.75 Å². The Hall–Kier alpha value is -1.51. The molecule has 0 heterocycles. The summed E-state index contributed by atoms with van der Waals surface area (Å²) in [6.45, 7) is -1.88. The largest absolute Gasteiger partial charge is 1.00 e. The summed E-state index contributed by atoms with van der Waals surface area (Å²) in [6, 6.07) is 12.3. The van der Waals surface area contributed by atoms with Crippen LogP contribution in [-0.4, -0.2) is 85.6 Å². The molecule has 4 aromatic carbocycles. The number of nitrogen functional groups attached to an aromatic ring is 1. The van der Waals surface area contributed by atoms with E-state index in [4.69, 9.17) is 5.73 Å². The zero-order chi connectivity index (χ0) is 38.7. The Balaban J connectivity index is 0.00000504. The molecule has 0 aliphatic carbocycles. The molecule has 4 rings (SSSR count). The molecule has 0 radical (unpaired) electrons. The number of phenolic OH excluding ortho intramolecular Hbond substituents is 1. The number of anilines is 1. The number of aromatic hydroxyl groups is 1. The first kappa shape index (κ1) is 51.5. The predicted molar refractivity (Wildman–Crippen MR) is 175 cm³/mol. The summed E-state index contributed by atoms with van der Waals surface area (Å²) in [7, 11) is -23.9. The van der Waals surface area contributed by atoms with Crippen LogP contribution >= 0.6 is 0 Å². The van der Waals surface area contributed by atoms with Crippen LogP contribution in [0.4, 0.5) is 28.4 Å². The van der Waals surface area contributed by atoms with E-state index in [9.17, 15) is 60.9 Å². The molecular weight excluding hydrogens is 868 g/mol. The van der Waals surface area contributed by atoms with E-state index in [0.717, 1.165) is 42.5 Å². The van der Waals surface area contributed by atoms with Gasteiger partial charge in [0.05, 0.1) is 56.5 Å². The van der Waals surface area contributed by atoms with Gasteiger partial charge in [-0.2, -0.15) is 10.2 Å². The van der Waals surface area contributed by atoms with Crippen LogP contribution in [0, 0.1) is 0 Å². The zero-order valence-corrected chi connectivity index (χ0v) is 38.7. The maximum Gasteiger partial charge on any atom is 1.00 e. The SMILES string of the molecule is Nc1ccc2c(O)c(N=Nc3ccc(S(=O)(=O)CCOS(=O)(=O)[O-])cc3)c(S(=O)(=O)[O-])cc2c1N=Nc1cccc(S(=O)(=O)CCOS(=O)(=O)[O-])c1.[Na+].[Na+].[Na+]. The van der Waals surface area contributed by atoms with Gasteiger partial charge in [-0.1, -0.05) is 6.07 Å². The average Bonchev–Trinajstić information content (AvgIpc) is 3.02. The first-order chi connectivity index (χ1) is 24.0. The second-order valence-corrected chi connectivity index (χ2v) is 17.8. The normalized spacial score (nSPS) is 12.6. The molecule has 0 fully saturated rings. The van der Waals surface area contributed by atoms with Gasteiger partial charge in [0.25, 0.3) is 0 Å². The maximum atomic E-state index is 12.6. The smallest absolute Gasteiger partial charge is 0.744 e. The molecule has 0 atom stereocenters. The van der Waals surface area contributed by atoms with E-state index in [-0.39, 0.29) is 132 Å². The summed E-state index contributed by atoms with van der Waals surface area (Å²) in [5, 5.41) is 26.0. The Morgan fingerprint density at radius 3 is 1.62 bits per heavy atom. The zero-order valence-electron chi connectivity index (χ0n) is 28.7. The number of fused-ring (bicyclic) bond motifs is 1. The molecule has 0 saturated carbocycles. The number of phenols is 1. The second-order valence-electron chi connectivity index (χ2n) is 10.1. The van der Waals surface area contributed by atoms with Gasteiger partial charge in [-0.25, -0.2) is 42.1 Å². The van der Waals surface area contributed by atoms with E-state index >= 15 is 0 Å². The predicted octanol–water partition coefficient (Wildman–Crippen LogP) is -6.62. The maximum absolute atomic E-state index is 12.6. The molecule has 280 valence electrons. The number of azo groups is 2. The molecule has 3 N–H and O–H groups in total. The second kappa shape index (κ2) is 20.5. The Bertz CT molecular complexity index is 2670. The van der Waals surface area contributed by atoms with Gasteiger partial charge in [-0.3, -0.25) is 8.37 Å².